The van der Waals surface area contributed by atoms with Crippen LogP contribution in [0.4, 0.5) is 0 Å². The molecule has 1 heterocycles. The quantitative estimate of drug-likeness (QED) is 0.862. The van der Waals surface area contributed by atoms with Crippen molar-refractivity contribution in [2.24, 2.45) is 23.2 Å². The summed E-state index contributed by atoms with van der Waals surface area (Å²) in [7, 11) is 2.21. The fourth-order valence-corrected chi connectivity index (χ4v) is 6.43. The van der Waals surface area contributed by atoms with Gasteiger partial charge in [-0.15, -0.1) is 0 Å². The van der Waals surface area contributed by atoms with Gasteiger partial charge in [-0.1, -0.05) is 0 Å². The molecule has 0 aromatic rings. The van der Waals surface area contributed by atoms with E-state index in [-0.39, 0.29) is 0 Å². The highest BCUT2D eigenvalue weighted by Gasteiger charge is 2.53. The van der Waals surface area contributed by atoms with Crippen LogP contribution in [0.1, 0.15) is 44.9 Å². The van der Waals surface area contributed by atoms with Crippen molar-refractivity contribution in [3.8, 4) is 0 Å². The molecule has 1 aliphatic heterocycles. The summed E-state index contributed by atoms with van der Waals surface area (Å²) in [6.07, 6.45) is 10.4. The van der Waals surface area contributed by atoms with Crippen LogP contribution in [0, 0.1) is 23.2 Å². The summed E-state index contributed by atoms with van der Waals surface area (Å²) < 4.78 is 5.63. The summed E-state index contributed by atoms with van der Waals surface area (Å²) >= 11 is 0. The van der Waals surface area contributed by atoms with Crippen LogP contribution in [0.2, 0.25) is 0 Å². The van der Waals surface area contributed by atoms with Gasteiger partial charge in [0.2, 0.25) is 0 Å². The first-order valence-corrected chi connectivity index (χ1v) is 9.25. The minimum Gasteiger partial charge on any atom is -0.380 e. The average molecular weight is 292 g/mol. The van der Waals surface area contributed by atoms with Crippen LogP contribution in [0.3, 0.4) is 0 Å². The number of ether oxygens (including phenoxy) is 1. The average Bonchev–Trinajstić information content (AvgIpc) is 2.71. The van der Waals surface area contributed by atoms with Crippen LogP contribution in [-0.4, -0.2) is 50.8 Å². The van der Waals surface area contributed by atoms with Gasteiger partial charge in [-0.2, -0.15) is 0 Å². The summed E-state index contributed by atoms with van der Waals surface area (Å²) in [5.41, 5.74) is 0.622. The molecule has 3 nitrogen and oxygen atoms in total. The zero-order valence-electron chi connectivity index (χ0n) is 13.7. The third-order valence-electron chi connectivity index (χ3n) is 6.93. The lowest BCUT2D eigenvalue weighted by Crippen LogP contribution is -2.58. The van der Waals surface area contributed by atoms with Gasteiger partial charge in [0.15, 0.2) is 0 Å². The van der Waals surface area contributed by atoms with E-state index < -0.39 is 0 Å². The molecule has 1 atom stereocenters. The molecule has 21 heavy (non-hydrogen) atoms. The van der Waals surface area contributed by atoms with E-state index in [4.69, 9.17) is 4.74 Å². The maximum absolute atomic E-state index is 5.63. The number of likely N-dealkylation sites (N-methyl/N-ethyl adjacent to an activating group) is 1. The summed E-state index contributed by atoms with van der Waals surface area (Å²) in [6, 6.07) is 0.698. The van der Waals surface area contributed by atoms with E-state index in [2.05, 4.69) is 17.3 Å². The van der Waals surface area contributed by atoms with Crippen LogP contribution in [0.15, 0.2) is 0 Å². The Morgan fingerprint density at radius 2 is 1.71 bits per heavy atom. The Bertz CT molecular complexity index is 327. The van der Waals surface area contributed by atoms with Crippen molar-refractivity contribution in [3.05, 3.63) is 0 Å². The van der Waals surface area contributed by atoms with Gasteiger partial charge in [0, 0.05) is 32.3 Å². The predicted octanol–water partition coefficient (Wildman–Crippen LogP) is 2.51. The van der Waals surface area contributed by atoms with Crippen LogP contribution < -0.4 is 5.32 Å². The lowest BCUT2D eigenvalue weighted by atomic mass is 9.47. The molecule has 0 aromatic carbocycles. The van der Waals surface area contributed by atoms with Crippen molar-refractivity contribution in [2.45, 2.75) is 51.0 Å². The van der Waals surface area contributed by atoms with E-state index in [1.54, 1.807) is 19.3 Å². The molecule has 0 aromatic heterocycles. The third kappa shape index (κ3) is 2.77. The standard InChI is InChI=1S/C18H32N2O/c1-19-17(13-20-3-2-5-21-6-4-20)18-10-14-7-15(11-18)9-16(8-14)12-18/h14-17,19H,2-13H2,1H3. The van der Waals surface area contributed by atoms with Crippen LogP contribution in [0.5, 0.6) is 0 Å². The van der Waals surface area contributed by atoms with Crippen LogP contribution in [-0.2, 0) is 4.74 Å². The number of nitrogens with one attached hydrogen (secondary N) is 1. The van der Waals surface area contributed by atoms with Crippen molar-refractivity contribution in [1.29, 1.82) is 0 Å². The van der Waals surface area contributed by atoms with Crippen LogP contribution >= 0.6 is 0 Å². The van der Waals surface area contributed by atoms with E-state index in [0.29, 0.717) is 11.5 Å². The molecular weight excluding hydrogens is 260 g/mol. The van der Waals surface area contributed by atoms with E-state index in [1.807, 2.05) is 0 Å². The van der Waals surface area contributed by atoms with Crippen molar-refractivity contribution >= 4 is 0 Å². The third-order valence-corrected chi connectivity index (χ3v) is 6.93. The van der Waals surface area contributed by atoms with E-state index in [1.165, 1.54) is 38.8 Å². The molecule has 5 rings (SSSR count). The second-order valence-corrected chi connectivity index (χ2v) is 8.39. The molecule has 3 heteroatoms. The molecule has 5 aliphatic rings. The second-order valence-electron chi connectivity index (χ2n) is 8.39. The highest BCUT2D eigenvalue weighted by Crippen LogP contribution is 2.61. The monoisotopic (exact) mass is 292 g/mol. The largest absolute Gasteiger partial charge is 0.380 e. The number of nitrogens with zero attached hydrogens (tertiary/aromatic N) is 1. The van der Waals surface area contributed by atoms with E-state index in [0.717, 1.165) is 37.5 Å². The van der Waals surface area contributed by atoms with Crippen molar-refractivity contribution in [2.75, 3.05) is 39.9 Å². The topological polar surface area (TPSA) is 24.5 Å². The normalized spacial score (nSPS) is 44.7. The SMILES string of the molecule is CNC(CN1CCCOCC1)C12CC3CC(CC(C3)C1)C2. The molecule has 1 saturated heterocycles. The molecule has 0 radical (unpaired) electrons. The maximum Gasteiger partial charge on any atom is 0.0593 e. The van der Waals surface area contributed by atoms with Gasteiger partial charge < -0.3 is 10.1 Å². The highest BCUT2D eigenvalue weighted by molar-refractivity contribution is 5.06. The molecule has 120 valence electrons. The number of hydrogen-bond acceptors (Lipinski definition) is 3. The Labute approximate surface area is 129 Å². The Morgan fingerprint density at radius 3 is 2.33 bits per heavy atom. The number of hydrogen-bond donors (Lipinski definition) is 1. The predicted molar refractivity (Wildman–Crippen MR) is 85.3 cm³/mol. The Hall–Kier alpha value is -0.120. The zero-order chi connectivity index (χ0) is 14.3. The lowest BCUT2D eigenvalue weighted by molar-refractivity contribution is -0.0775. The molecular formula is C18H32N2O. The molecule has 0 spiro atoms. The van der Waals surface area contributed by atoms with Gasteiger partial charge in [0.05, 0.1) is 6.61 Å². The summed E-state index contributed by atoms with van der Waals surface area (Å²) in [5, 5.41) is 3.74. The molecule has 4 aliphatic carbocycles. The van der Waals surface area contributed by atoms with Gasteiger partial charge in [-0.3, -0.25) is 4.90 Å². The van der Waals surface area contributed by atoms with Gasteiger partial charge >= 0.3 is 0 Å². The number of rotatable bonds is 4. The fourth-order valence-electron chi connectivity index (χ4n) is 6.43. The molecule has 1 unspecified atom stereocenters. The van der Waals surface area contributed by atoms with Gasteiger partial charge in [0.25, 0.3) is 0 Å². The van der Waals surface area contributed by atoms with Crippen LogP contribution in [0.25, 0.3) is 0 Å². The minimum atomic E-state index is 0.622. The molecule has 0 amide bonds. The van der Waals surface area contributed by atoms with Crippen molar-refractivity contribution in [3.63, 3.8) is 0 Å². The second kappa shape index (κ2) is 5.82. The lowest BCUT2D eigenvalue weighted by Gasteiger charge is -2.60. The summed E-state index contributed by atoms with van der Waals surface area (Å²) in [5.74, 6) is 3.17. The first-order chi connectivity index (χ1) is 10.3. The van der Waals surface area contributed by atoms with Gasteiger partial charge in [0.1, 0.15) is 0 Å². The van der Waals surface area contributed by atoms with Gasteiger partial charge in [-0.25, -0.2) is 0 Å². The van der Waals surface area contributed by atoms with Gasteiger partial charge in [-0.05, 0) is 75.2 Å². The Morgan fingerprint density at radius 1 is 1.05 bits per heavy atom. The maximum atomic E-state index is 5.63. The Balaban J connectivity index is 1.47. The molecule has 5 fully saturated rings. The summed E-state index contributed by atoms with van der Waals surface area (Å²) in [6.45, 7) is 5.48. The molecule has 4 bridgehead atoms. The highest BCUT2D eigenvalue weighted by atomic mass is 16.5. The zero-order valence-corrected chi connectivity index (χ0v) is 13.7. The summed E-state index contributed by atoms with van der Waals surface area (Å²) in [4.78, 5) is 2.66. The Kier molecular flexibility index (Phi) is 4.01. The fraction of sp³-hybridized carbons (Fsp3) is 1.00. The smallest absolute Gasteiger partial charge is 0.0593 e. The first kappa shape index (κ1) is 14.5. The van der Waals surface area contributed by atoms with E-state index >= 15 is 0 Å². The van der Waals surface area contributed by atoms with E-state index in [9.17, 15) is 0 Å². The molecule has 4 saturated carbocycles. The van der Waals surface area contributed by atoms with Crippen molar-refractivity contribution < 1.29 is 4.74 Å². The van der Waals surface area contributed by atoms with Crippen molar-refractivity contribution in [1.82, 2.24) is 10.2 Å². The minimum absolute atomic E-state index is 0.622. The molecule has 1 N–H and O–H groups in total. The first-order valence-electron chi connectivity index (χ1n) is 9.25.